The SMILES string of the molecule is CCn1c(=O)c2ccccc2n2c(CSc3nnc(Cc4cccs4)n3C3CC3)nnc12. The summed E-state index contributed by atoms with van der Waals surface area (Å²) in [7, 11) is 0. The summed E-state index contributed by atoms with van der Waals surface area (Å²) in [5, 5.41) is 21.5. The van der Waals surface area contributed by atoms with Crippen molar-refractivity contribution in [2.24, 2.45) is 0 Å². The lowest BCUT2D eigenvalue weighted by atomic mass is 10.2. The van der Waals surface area contributed by atoms with Gasteiger partial charge in [0.1, 0.15) is 11.6 Å². The summed E-state index contributed by atoms with van der Waals surface area (Å²) in [4.78, 5) is 14.2. The Morgan fingerprint density at radius 1 is 1.06 bits per heavy atom. The van der Waals surface area contributed by atoms with Gasteiger partial charge in [-0.2, -0.15) is 0 Å². The van der Waals surface area contributed by atoms with Crippen LogP contribution >= 0.6 is 23.1 Å². The third-order valence-electron chi connectivity index (χ3n) is 5.78. The lowest BCUT2D eigenvalue weighted by molar-refractivity contribution is 0.634. The minimum absolute atomic E-state index is 0.0334. The lowest BCUT2D eigenvalue weighted by Crippen LogP contribution is -2.22. The summed E-state index contributed by atoms with van der Waals surface area (Å²) in [6.45, 7) is 2.49. The van der Waals surface area contributed by atoms with Gasteiger partial charge in [-0.05, 0) is 43.3 Å². The van der Waals surface area contributed by atoms with Gasteiger partial charge >= 0.3 is 0 Å². The van der Waals surface area contributed by atoms with Crippen molar-refractivity contribution in [2.45, 2.75) is 49.7 Å². The molecule has 1 fully saturated rings. The van der Waals surface area contributed by atoms with Crippen LogP contribution in [0.1, 0.15) is 42.3 Å². The Hall–Kier alpha value is -2.98. The summed E-state index contributed by atoms with van der Waals surface area (Å²) in [5.41, 5.74) is 0.800. The van der Waals surface area contributed by atoms with Crippen molar-refractivity contribution in [3.63, 3.8) is 0 Å². The highest BCUT2D eigenvalue weighted by Gasteiger charge is 2.30. The van der Waals surface area contributed by atoms with E-state index in [2.05, 4.69) is 42.5 Å². The van der Waals surface area contributed by atoms with Gasteiger partial charge in [0, 0.05) is 23.9 Å². The van der Waals surface area contributed by atoms with Gasteiger partial charge < -0.3 is 4.57 Å². The number of para-hydroxylation sites is 1. The third-order valence-corrected chi connectivity index (χ3v) is 7.60. The van der Waals surface area contributed by atoms with E-state index in [-0.39, 0.29) is 5.56 Å². The molecule has 5 aromatic rings. The van der Waals surface area contributed by atoms with Crippen LogP contribution in [-0.4, -0.2) is 33.9 Å². The molecule has 10 heteroatoms. The minimum atomic E-state index is -0.0334. The highest BCUT2D eigenvalue weighted by molar-refractivity contribution is 7.98. The molecule has 0 saturated heterocycles. The number of aromatic nitrogens is 7. The number of thiophene rings is 1. The first-order valence-electron chi connectivity index (χ1n) is 10.7. The van der Waals surface area contributed by atoms with Crippen LogP contribution in [-0.2, 0) is 18.7 Å². The summed E-state index contributed by atoms with van der Waals surface area (Å²) in [6.07, 6.45) is 3.15. The molecular weight excluding hydrogens is 442 g/mol. The molecule has 32 heavy (non-hydrogen) atoms. The maximum Gasteiger partial charge on any atom is 0.262 e. The van der Waals surface area contributed by atoms with Crippen LogP contribution in [0, 0.1) is 0 Å². The molecule has 1 aromatic carbocycles. The average molecular weight is 464 g/mol. The van der Waals surface area contributed by atoms with Crippen LogP contribution in [0.2, 0.25) is 0 Å². The first-order valence-corrected chi connectivity index (χ1v) is 12.6. The Balaban J connectivity index is 1.37. The molecule has 0 amide bonds. The van der Waals surface area contributed by atoms with E-state index in [0.717, 1.165) is 28.7 Å². The molecule has 1 saturated carbocycles. The van der Waals surface area contributed by atoms with Gasteiger partial charge in [0.25, 0.3) is 5.56 Å². The van der Waals surface area contributed by atoms with Crippen LogP contribution in [0.3, 0.4) is 0 Å². The molecule has 6 rings (SSSR count). The van der Waals surface area contributed by atoms with Crippen LogP contribution < -0.4 is 5.56 Å². The van der Waals surface area contributed by atoms with E-state index in [4.69, 9.17) is 0 Å². The molecule has 4 heterocycles. The zero-order valence-electron chi connectivity index (χ0n) is 17.5. The van der Waals surface area contributed by atoms with E-state index < -0.39 is 0 Å². The van der Waals surface area contributed by atoms with Crippen molar-refractivity contribution in [3.8, 4) is 0 Å². The second kappa shape index (κ2) is 7.86. The standard InChI is InChI=1S/C22H21N7OS2/c1-2-27-20(30)16-7-3-4-8-17(16)29-19(24-25-21(27)29)13-32-22-26-23-18(28(22)14-9-10-14)12-15-6-5-11-31-15/h3-8,11,14H,2,9-10,12-13H2,1H3. The van der Waals surface area contributed by atoms with Gasteiger partial charge in [-0.3, -0.25) is 13.8 Å². The fraction of sp³-hybridized carbons (Fsp3) is 0.318. The third kappa shape index (κ3) is 3.25. The molecule has 0 N–H and O–H groups in total. The molecule has 1 aliphatic rings. The minimum Gasteiger partial charge on any atom is -0.303 e. The molecule has 8 nitrogen and oxygen atoms in total. The first kappa shape index (κ1) is 19.7. The monoisotopic (exact) mass is 463 g/mol. The molecular formula is C22H21N7OS2. The number of rotatable bonds is 7. The second-order valence-corrected chi connectivity index (χ2v) is 9.84. The van der Waals surface area contributed by atoms with Gasteiger partial charge in [-0.1, -0.05) is 30.0 Å². The molecule has 4 aromatic heterocycles. The number of thioether (sulfide) groups is 1. The van der Waals surface area contributed by atoms with Gasteiger partial charge in [0.2, 0.25) is 5.78 Å². The van der Waals surface area contributed by atoms with Gasteiger partial charge in [0.15, 0.2) is 5.16 Å². The highest BCUT2D eigenvalue weighted by Crippen LogP contribution is 2.39. The van der Waals surface area contributed by atoms with Crippen LogP contribution in [0.15, 0.2) is 51.7 Å². The summed E-state index contributed by atoms with van der Waals surface area (Å²) < 4.78 is 5.97. The predicted octanol–water partition coefficient (Wildman–Crippen LogP) is 3.94. The Morgan fingerprint density at radius 2 is 1.91 bits per heavy atom. The van der Waals surface area contributed by atoms with Crippen LogP contribution in [0.25, 0.3) is 16.7 Å². The van der Waals surface area contributed by atoms with E-state index in [1.807, 2.05) is 35.6 Å². The van der Waals surface area contributed by atoms with Crippen molar-refractivity contribution in [1.82, 2.24) is 33.9 Å². The molecule has 0 bridgehead atoms. The van der Waals surface area contributed by atoms with Crippen molar-refractivity contribution < 1.29 is 0 Å². The zero-order valence-corrected chi connectivity index (χ0v) is 19.1. The predicted molar refractivity (Wildman–Crippen MR) is 125 cm³/mol. The Kier molecular flexibility index (Phi) is 4.83. The largest absolute Gasteiger partial charge is 0.303 e. The highest BCUT2D eigenvalue weighted by atomic mass is 32.2. The Morgan fingerprint density at radius 3 is 2.69 bits per heavy atom. The smallest absolute Gasteiger partial charge is 0.262 e. The maximum absolute atomic E-state index is 12.9. The van der Waals surface area contributed by atoms with E-state index in [0.29, 0.717) is 29.5 Å². The van der Waals surface area contributed by atoms with E-state index in [1.54, 1.807) is 27.7 Å². The van der Waals surface area contributed by atoms with Crippen molar-refractivity contribution >= 4 is 39.8 Å². The number of hydrogen-bond donors (Lipinski definition) is 0. The molecule has 0 atom stereocenters. The number of benzene rings is 1. The fourth-order valence-corrected chi connectivity index (χ4v) is 5.76. The van der Waals surface area contributed by atoms with Gasteiger partial charge in [0.05, 0.1) is 16.7 Å². The summed E-state index contributed by atoms with van der Waals surface area (Å²) >= 11 is 3.38. The van der Waals surface area contributed by atoms with Crippen LogP contribution in [0.5, 0.6) is 0 Å². The lowest BCUT2D eigenvalue weighted by Gasteiger charge is -2.10. The molecule has 0 radical (unpaired) electrons. The molecule has 162 valence electrons. The van der Waals surface area contributed by atoms with E-state index >= 15 is 0 Å². The summed E-state index contributed by atoms with van der Waals surface area (Å²) in [5.74, 6) is 2.99. The number of nitrogens with zero attached hydrogens (tertiary/aromatic N) is 7. The molecule has 1 aliphatic carbocycles. The number of aryl methyl sites for hydroxylation is 1. The zero-order chi connectivity index (χ0) is 21.7. The molecule has 0 unspecified atom stereocenters. The molecule has 0 aliphatic heterocycles. The number of fused-ring (bicyclic) bond motifs is 3. The topological polar surface area (TPSA) is 82.9 Å². The fourth-order valence-electron chi connectivity index (χ4n) is 4.12. The van der Waals surface area contributed by atoms with Crippen molar-refractivity contribution in [1.29, 1.82) is 0 Å². The van der Waals surface area contributed by atoms with E-state index in [1.165, 1.54) is 17.7 Å². The quantitative estimate of drug-likeness (QED) is 0.340. The summed E-state index contributed by atoms with van der Waals surface area (Å²) in [6, 6.07) is 12.3. The van der Waals surface area contributed by atoms with Gasteiger partial charge in [-0.25, -0.2) is 0 Å². The Labute approximate surface area is 191 Å². The van der Waals surface area contributed by atoms with Crippen LogP contribution in [0.4, 0.5) is 0 Å². The van der Waals surface area contributed by atoms with Gasteiger partial charge in [-0.15, -0.1) is 31.7 Å². The average Bonchev–Trinajstić information content (AvgIpc) is 3.19. The number of hydrogen-bond acceptors (Lipinski definition) is 7. The van der Waals surface area contributed by atoms with Crippen molar-refractivity contribution in [2.75, 3.05) is 0 Å². The van der Waals surface area contributed by atoms with Crippen molar-refractivity contribution in [3.05, 3.63) is 68.7 Å². The Bertz CT molecular complexity index is 1480. The normalized spacial score (nSPS) is 14.0. The second-order valence-electron chi connectivity index (χ2n) is 7.86. The molecule has 0 spiro atoms. The van der Waals surface area contributed by atoms with E-state index in [9.17, 15) is 4.79 Å². The maximum atomic E-state index is 12.9. The first-order chi connectivity index (χ1) is 15.7.